The number of benzene rings is 2. The van der Waals surface area contributed by atoms with E-state index >= 15 is 0 Å². The lowest BCUT2D eigenvalue weighted by Gasteiger charge is -2.09. The Balaban J connectivity index is 1.75. The predicted octanol–water partition coefficient (Wildman–Crippen LogP) is 4.88. The number of hydrogen-bond acceptors (Lipinski definition) is 4. The van der Waals surface area contributed by atoms with Crippen LogP contribution in [0, 0.1) is 5.82 Å². The largest absolute Gasteiger partial charge is 0.497 e. The van der Waals surface area contributed by atoms with E-state index in [9.17, 15) is 9.18 Å². The number of hydrogen-bond donors (Lipinski definition) is 2. The molecule has 0 aliphatic heterocycles. The molecule has 1 heterocycles. The van der Waals surface area contributed by atoms with Crippen molar-refractivity contribution in [2.75, 3.05) is 17.7 Å². The van der Waals surface area contributed by atoms with Crippen molar-refractivity contribution in [3.05, 3.63) is 77.2 Å². The molecular weight excluding hydrogens is 357 g/mol. The Hall–Kier alpha value is -3.12. The Morgan fingerprint density at radius 3 is 2.73 bits per heavy atom. The molecule has 3 rings (SSSR count). The van der Waals surface area contributed by atoms with Gasteiger partial charge in [-0.25, -0.2) is 9.37 Å². The molecule has 1 amide bonds. The SMILES string of the molecule is COc1cccc(Nc2cc(C(=O)Nc3ccc(F)c(Cl)c3)ccn2)c1. The third kappa shape index (κ3) is 4.29. The molecule has 2 N–H and O–H groups in total. The van der Waals surface area contributed by atoms with Gasteiger partial charge in [-0.3, -0.25) is 4.79 Å². The second kappa shape index (κ2) is 7.84. The number of ether oxygens (including phenoxy) is 1. The number of carbonyl (C=O) groups is 1. The van der Waals surface area contributed by atoms with Gasteiger partial charge in [0.05, 0.1) is 12.1 Å². The minimum absolute atomic E-state index is 0.0575. The molecule has 3 aromatic rings. The topological polar surface area (TPSA) is 63.2 Å². The highest BCUT2D eigenvalue weighted by Gasteiger charge is 2.09. The van der Waals surface area contributed by atoms with Crippen LogP contribution < -0.4 is 15.4 Å². The van der Waals surface area contributed by atoms with Crippen LogP contribution >= 0.6 is 11.6 Å². The van der Waals surface area contributed by atoms with E-state index in [0.29, 0.717) is 22.8 Å². The summed E-state index contributed by atoms with van der Waals surface area (Å²) < 4.78 is 18.4. The Morgan fingerprint density at radius 1 is 1.12 bits per heavy atom. The van der Waals surface area contributed by atoms with E-state index in [0.717, 1.165) is 5.69 Å². The lowest BCUT2D eigenvalue weighted by atomic mass is 10.2. The number of pyridine rings is 1. The minimum Gasteiger partial charge on any atom is -0.497 e. The third-order valence-corrected chi connectivity index (χ3v) is 3.83. The number of methoxy groups -OCH3 is 1. The maximum Gasteiger partial charge on any atom is 0.255 e. The number of aromatic nitrogens is 1. The molecular formula is C19H15ClFN3O2. The summed E-state index contributed by atoms with van der Waals surface area (Å²) in [6, 6.07) is 14.5. The van der Waals surface area contributed by atoms with Crippen LogP contribution in [0.25, 0.3) is 0 Å². The molecule has 0 spiro atoms. The summed E-state index contributed by atoms with van der Waals surface area (Å²) in [7, 11) is 1.59. The normalized spacial score (nSPS) is 10.3. The summed E-state index contributed by atoms with van der Waals surface area (Å²) in [6.45, 7) is 0. The molecule has 0 fully saturated rings. The molecule has 1 aromatic heterocycles. The van der Waals surface area contributed by atoms with Gasteiger partial charge in [0.15, 0.2) is 0 Å². The van der Waals surface area contributed by atoms with Crippen LogP contribution in [0.15, 0.2) is 60.8 Å². The number of amides is 1. The molecule has 0 atom stereocenters. The molecule has 0 aliphatic rings. The Bertz CT molecular complexity index is 950. The van der Waals surface area contributed by atoms with E-state index in [1.807, 2.05) is 24.3 Å². The van der Waals surface area contributed by atoms with Crippen molar-refractivity contribution < 1.29 is 13.9 Å². The van der Waals surface area contributed by atoms with Crippen LogP contribution in [-0.4, -0.2) is 18.0 Å². The predicted molar refractivity (Wildman–Crippen MR) is 99.9 cm³/mol. The third-order valence-electron chi connectivity index (χ3n) is 3.54. The maximum absolute atomic E-state index is 13.2. The van der Waals surface area contributed by atoms with Gasteiger partial charge in [-0.05, 0) is 42.5 Å². The zero-order valence-electron chi connectivity index (χ0n) is 13.8. The van der Waals surface area contributed by atoms with E-state index in [1.165, 1.54) is 24.4 Å². The highest BCUT2D eigenvalue weighted by molar-refractivity contribution is 6.31. The van der Waals surface area contributed by atoms with Crippen LogP contribution in [0.1, 0.15) is 10.4 Å². The van der Waals surface area contributed by atoms with Crippen molar-refractivity contribution in [3.63, 3.8) is 0 Å². The van der Waals surface area contributed by atoms with E-state index in [2.05, 4.69) is 15.6 Å². The molecule has 2 aromatic carbocycles. The molecule has 132 valence electrons. The first kappa shape index (κ1) is 17.7. The zero-order valence-corrected chi connectivity index (χ0v) is 14.5. The summed E-state index contributed by atoms with van der Waals surface area (Å²) in [5.41, 5.74) is 1.58. The molecule has 0 bridgehead atoms. The summed E-state index contributed by atoms with van der Waals surface area (Å²) in [5.74, 6) is 0.308. The van der Waals surface area contributed by atoms with E-state index < -0.39 is 5.82 Å². The summed E-state index contributed by atoms with van der Waals surface area (Å²) in [5, 5.41) is 5.73. The average molecular weight is 372 g/mol. The molecule has 0 saturated heterocycles. The van der Waals surface area contributed by atoms with Crippen LogP contribution in [-0.2, 0) is 0 Å². The Morgan fingerprint density at radius 2 is 1.96 bits per heavy atom. The fraction of sp³-hybridized carbons (Fsp3) is 0.0526. The first-order chi connectivity index (χ1) is 12.5. The second-order valence-corrected chi connectivity index (χ2v) is 5.78. The molecule has 0 radical (unpaired) electrons. The second-order valence-electron chi connectivity index (χ2n) is 5.37. The van der Waals surface area contributed by atoms with Crippen molar-refractivity contribution in [1.29, 1.82) is 0 Å². The number of carbonyl (C=O) groups excluding carboxylic acids is 1. The molecule has 0 unspecified atom stereocenters. The fourth-order valence-corrected chi connectivity index (χ4v) is 2.45. The van der Waals surface area contributed by atoms with Crippen molar-refractivity contribution in [1.82, 2.24) is 4.98 Å². The van der Waals surface area contributed by atoms with Crippen LogP contribution in [0.5, 0.6) is 5.75 Å². The summed E-state index contributed by atoms with van der Waals surface area (Å²) in [4.78, 5) is 16.6. The quantitative estimate of drug-likeness (QED) is 0.671. The van der Waals surface area contributed by atoms with Crippen molar-refractivity contribution >= 4 is 34.7 Å². The van der Waals surface area contributed by atoms with Crippen LogP contribution in [0.3, 0.4) is 0 Å². The highest BCUT2D eigenvalue weighted by atomic mass is 35.5. The van der Waals surface area contributed by atoms with Gasteiger partial charge in [-0.1, -0.05) is 17.7 Å². The fourth-order valence-electron chi connectivity index (χ4n) is 2.27. The van der Waals surface area contributed by atoms with Crippen LogP contribution in [0.4, 0.5) is 21.6 Å². The van der Waals surface area contributed by atoms with Gasteiger partial charge in [0.2, 0.25) is 0 Å². The van der Waals surface area contributed by atoms with Crippen molar-refractivity contribution in [2.45, 2.75) is 0 Å². The van der Waals surface area contributed by atoms with Gasteiger partial charge in [0.25, 0.3) is 5.91 Å². The van der Waals surface area contributed by atoms with Crippen molar-refractivity contribution in [2.24, 2.45) is 0 Å². The molecule has 5 nitrogen and oxygen atoms in total. The lowest BCUT2D eigenvalue weighted by Crippen LogP contribution is -2.12. The van der Waals surface area contributed by atoms with Gasteiger partial charge in [0.1, 0.15) is 17.4 Å². The minimum atomic E-state index is -0.543. The molecule has 7 heteroatoms. The smallest absolute Gasteiger partial charge is 0.255 e. The number of nitrogens with zero attached hydrogens (tertiary/aromatic N) is 1. The Labute approximate surface area is 154 Å². The van der Waals surface area contributed by atoms with Gasteiger partial charge < -0.3 is 15.4 Å². The number of halogens is 2. The number of nitrogens with one attached hydrogen (secondary N) is 2. The highest BCUT2D eigenvalue weighted by Crippen LogP contribution is 2.22. The average Bonchev–Trinajstić information content (AvgIpc) is 2.65. The molecule has 26 heavy (non-hydrogen) atoms. The van der Waals surface area contributed by atoms with Gasteiger partial charge >= 0.3 is 0 Å². The van der Waals surface area contributed by atoms with Gasteiger partial charge in [0, 0.05) is 29.2 Å². The zero-order chi connectivity index (χ0) is 18.5. The summed E-state index contributed by atoms with van der Waals surface area (Å²) in [6.07, 6.45) is 1.52. The Kier molecular flexibility index (Phi) is 5.34. The van der Waals surface area contributed by atoms with E-state index in [1.54, 1.807) is 19.2 Å². The number of anilines is 3. The first-order valence-electron chi connectivity index (χ1n) is 7.69. The standard InChI is InChI=1S/C19H15ClFN3O2/c1-26-15-4-2-3-13(10-15)23-18-9-12(7-8-22-18)19(25)24-14-5-6-17(21)16(20)11-14/h2-11H,1H3,(H,22,23)(H,24,25). The van der Waals surface area contributed by atoms with Gasteiger partial charge in [-0.2, -0.15) is 0 Å². The summed E-state index contributed by atoms with van der Waals surface area (Å²) >= 11 is 5.73. The molecule has 0 saturated carbocycles. The number of rotatable bonds is 5. The van der Waals surface area contributed by atoms with E-state index in [-0.39, 0.29) is 10.9 Å². The van der Waals surface area contributed by atoms with Crippen molar-refractivity contribution in [3.8, 4) is 5.75 Å². The van der Waals surface area contributed by atoms with Crippen LogP contribution in [0.2, 0.25) is 5.02 Å². The first-order valence-corrected chi connectivity index (χ1v) is 8.06. The maximum atomic E-state index is 13.2. The lowest BCUT2D eigenvalue weighted by molar-refractivity contribution is 0.102. The monoisotopic (exact) mass is 371 g/mol. The van der Waals surface area contributed by atoms with Gasteiger partial charge in [-0.15, -0.1) is 0 Å². The van der Waals surface area contributed by atoms with E-state index in [4.69, 9.17) is 16.3 Å². The molecule has 0 aliphatic carbocycles.